The Morgan fingerprint density at radius 1 is 1.43 bits per heavy atom. The number of nitrogens with zero attached hydrogens (tertiary/aromatic N) is 2. The van der Waals surface area contributed by atoms with Gasteiger partial charge in [0.25, 0.3) is 5.91 Å². The van der Waals surface area contributed by atoms with Gasteiger partial charge in [0, 0.05) is 22.3 Å². The van der Waals surface area contributed by atoms with Crippen LogP contribution in [0.3, 0.4) is 0 Å². The van der Waals surface area contributed by atoms with Crippen molar-refractivity contribution in [1.82, 2.24) is 10.4 Å². The number of aliphatic hydroxyl groups excluding tert-OH is 1. The number of benzene rings is 1. The number of amides is 1. The summed E-state index contributed by atoms with van der Waals surface area (Å²) in [6.07, 6.45) is 2.66. The van der Waals surface area contributed by atoms with E-state index in [0.29, 0.717) is 16.3 Å². The fourth-order valence-electron chi connectivity index (χ4n) is 1.81. The Labute approximate surface area is 142 Å². The molecule has 0 aliphatic rings. The number of nitrogens with one attached hydrogen (secondary N) is 1. The molecule has 1 aromatic heterocycles. The molecule has 0 aliphatic carbocycles. The van der Waals surface area contributed by atoms with Gasteiger partial charge in [-0.15, -0.1) is 0 Å². The van der Waals surface area contributed by atoms with Crippen LogP contribution >= 0.6 is 23.2 Å². The number of aromatic hydroxyl groups is 1. The number of aromatic nitrogens is 1. The van der Waals surface area contributed by atoms with Crippen molar-refractivity contribution in [2.75, 3.05) is 0 Å². The third kappa shape index (κ3) is 3.98. The highest BCUT2D eigenvalue weighted by atomic mass is 35.5. The number of halogens is 2. The van der Waals surface area contributed by atoms with Crippen LogP contribution in [0.5, 0.6) is 5.75 Å². The molecule has 1 amide bonds. The Morgan fingerprint density at radius 3 is 2.83 bits per heavy atom. The predicted octanol–water partition coefficient (Wildman–Crippen LogP) is 2.66. The first-order chi connectivity index (χ1) is 10.9. The summed E-state index contributed by atoms with van der Waals surface area (Å²) in [4.78, 5) is 15.9. The van der Waals surface area contributed by atoms with E-state index in [1.165, 1.54) is 30.6 Å². The Morgan fingerprint density at radius 2 is 2.17 bits per heavy atom. The van der Waals surface area contributed by atoms with E-state index in [4.69, 9.17) is 23.2 Å². The zero-order valence-corrected chi connectivity index (χ0v) is 13.6. The second kappa shape index (κ2) is 7.41. The van der Waals surface area contributed by atoms with Crippen molar-refractivity contribution in [3.8, 4) is 5.75 Å². The van der Waals surface area contributed by atoms with Gasteiger partial charge in [0.1, 0.15) is 5.75 Å². The van der Waals surface area contributed by atoms with Crippen LogP contribution in [-0.4, -0.2) is 27.3 Å². The van der Waals surface area contributed by atoms with Crippen LogP contribution < -0.4 is 5.43 Å². The summed E-state index contributed by atoms with van der Waals surface area (Å²) in [6.45, 7) is 1.29. The molecule has 0 fully saturated rings. The maximum atomic E-state index is 12.0. The van der Waals surface area contributed by atoms with Crippen molar-refractivity contribution in [2.45, 2.75) is 13.5 Å². The molecule has 1 heterocycles. The molecule has 0 spiro atoms. The standard InChI is InChI=1S/C15H13Cl2N3O3/c1-8-14(22)12(9(7-21)5-18-8)6-19-20-15(23)11-3-2-10(16)4-13(11)17/h2-6,21-22H,7H2,1H3,(H,20,23)/b19-6+. The lowest BCUT2D eigenvalue weighted by atomic mass is 10.1. The summed E-state index contributed by atoms with van der Waals surface area (Å²) < 4.78 is 0. The van der Waals surface area contributed by atoms with E-state index in [1.807, 2.05) is 0 Å². The quantitative estimate of drug-likeness (QED) is 0.581. The first kappa shape index (κ1) is 17.2. The molecule has 2 aromatic rings. The molecule has 1 aromatic carbocycles. The van der Waals surface area contributed by atoms with Gasteiger partial charge in [0.05, 0.1) is 29.1 Å². The summed E-state index contributed by atoms with van der Waals surface area (Å²) in [7, 11) is 0. The van der Waals surface area contributed by atoms with Gasteiger partial charge in [-0.05, 0) is 25.1 Å². The molecule has 0 saturated heterocycles. The van der Waals surface area contributed by atoms with E-state index in [2.05, 4.69) is 15.5 Å². The monoisotopic (exact) mass is 353 g/mol. The Balaban J connectivity index is 2.19. The molecular formula is C15H13Cl2N3O3. The molecule has 0 unspecified atom stereocenters. The first-order valence-electron chi connectivity index (χ1n) is 6.50. The first-order valence-corrected chi connectivity index (χ1v) is 7.26. The van der Waals surface area contributed by atoms with Gasteiger partial charge >= 0.3 is 0 Å². The van der Waals surface area contributed by atoms with Gasteiger partial charge in [-0.3, -0.25) is 9.78 Å². The molecule has 0 atom stereocenters. The summed E-state index contributed by atoms with van der Waals surface area (Å²) in [6, 6.07) is 4.46. The molecule has 0 bridgehead atoms. The van der Waals surface area contributed by atoms with Crippen molar-refractivity contribution in [1.29, 1.82) is 0 Å². The molecule has 2 rings (SSSR count). The third-order valence-corrected chi connectivity index (χ3v) is 3.61. The minimum absolute atomic E-state index is 0.112. The largest absolute Gasteiger partial charge is 0.505 e. The molecule has 23 heavy (non-hydrogen) atoms. The Kier molecular flexibility index (Phi) is 5.54. The van der Waals surface area contributed by atoms with Crippen LogP contribution in [0, 0.1) is 6.92 Å². The summed E-state index contributed by atoms with van der Waals surface area (Å²) in [5.74, 6) is -0.641. The fraction of sp³-hybridized carbons (Fsp3) is 0.133. The number of hydrogen-bond acceptors (Lipinski definition) is 5. The molecule has 0 radical (unpaired) electrons. The van der Waals surface area contributed by atoms with Crippen LogP contribution in [0.2, 0.25) is 10.0 Å². The van der Waals surface area contributed by atoms with Crippen molar-refractivity contribution < 1.29 is 15.0 Å². The summed E-state index contributed by atoms with van der Waals surface area (Å²) in [5, 5.41) is 23.6. The van der Waals surface area contributed by atoms with E-state index >= 15 is 0 Å². The predicted molar refractivity (Wildman–Crippen MR) is 88.1 cm³/mol. The highest BCUT2D eigenvalue weighted by molar-refractivity contribution is 6.36. The van der Waals surface area contributed by atoms with Crippen LogP contribution in [0.15, 0.2) is 29.5 Å². The fourth-order valence-corrected chi connectivity index (χ4v) is 2.31. The molecular weight excluding hydrogens is 341 g/mol. The Hall–Kier alpha value is -2.15. The highest BCUT2D eigenvalue weighted by Gasteiger charge is 2.11. The number of rotatable bonds is 4. The second-order valence-electron chi connectivity index (χ2n) is 4.61. The van der Waals surface area contributed by atoms with Gasteiger partial charge in [0.2, 0.25) is 0 Å². The van der Waals surface area contributed by atoms with Crippen molar-refractivity contribution in [3.05, 3.63) is 56.8 Å². The second-order valence-corrected chi connectivity index (χ2v) is 5.46. The molecule has 120 valence electrons. The minimum atomic E-state index is -0.529. The van der Waals surface area contributed by atoms with E-state index in [-0.39, 0.29) is 28.5 Å². The minimum Gasteiger partial charge on any atom is -0.505 e. The van der Waals surface area contributed by atoms with Gasteiger partial charge in [-0.1, -0.05) is 23.2 Å². The van der Waals surface area contributed by atoms with Crippen LogP contribution in [-0.2, 0) is 6.61 Å². The van der Waals surface area contributed by atoms with Gasteiger partial charge in [0.15, 0.2) is 0 Å². The number of carbonyl (C=O) groups is 1. The average Bonchev–Trinajstić information content (AvgIpc) is 2.51. The average molecular weight is 354 g/mol. The van der Waals surface area contributed by atoms with Gasteiger partial charge < -0.3 is 10.2 Å². The van der Waals surface area contributed by atoms with Gasteiger partial charge in [-0.2, -0.15) is 5.10 Å². The van der Waals surface area contributed by atoms with Crippen LogP contribution in [0.25, 0.3) is 0 Å². The van der Waals surface area contributed by atoms with Crippen LogP contribution in [0.4, 0.5) is 0 Å². The third-order valence-electron chi connectivity index (χ3n) is 3.06. The smallest absolute Gasteiger partial charge is 0.272 e. The molecule has 0 saturated carbocycles. The Bertz CT molecular complexity index is 779. The number of hydrazone groups is 1. The maximum Gasteiger partial charge on any atom is 0.272 e. The SMILES string of the molecule is Cc1ncc(CO)c(/C=N/NC(=O)c2ccc(Cl)cc2Cl)c1O. The van der Waals surface area contributed by atoms with Gasteiger partial charge in [-0.25, -0.2) is 5.43 Å². The number of aryl methyl sites for hydroxylation is 1. The number of hydrogen-bond donors (Lipinski definition) is 3. The lowest BCUT2D eigenvalue weighted by Crippen LogP contribution is -2.18. The molecule has 3 N–H and O–H groups in total. The highest BCUT2D eigenvalue weighted by Crippen LogP contribution is 2.22. The molecule has 8 heteroatoms. The van der Waals surface area contributed by atoms with Crippen LogP contribution in [0.1, 0.15) is 27.2 Å². The number of aliphatic hydroxyl groups is 1. The summed E-state index contributed by atoms with van der Waals surface area (Å²) in [5.41, 5.74) is 3.56. The zero-order valence-electron chi connectivity index (χ0n) is 12.0. The number of carbonyl (C=O) groups excluding carboxylic acids is 1. The van der Waals surface area contributed by atoms with Crippen molar-refractivity contribution >= 4 is 35.3 Å². The van der Waals surface area contributed by atoms with Crippen molar-refractivity contribution in [3.63, 3.8) is 0 Å². The number of pyridine rings is 1. The van der Waals surface area contributed by atoms with E-state index in [1.54, 1.807) is 6.92 Å². The van der Waals surface area contributed by atoms with Crippen molar-refractivity contribution in [2.24, 2.45) is 5.10 Å². The lowest BCUT2D eigenvalue weighted by Gasteiger charge is -2.07. The van der Waals surface area contributed by atoms with E-state index in [9.17, 15) is 15.0 Å². The maximum absolute atomic E-state index is 12.0. The normalized spacial score (nSPS) is 11.0. The van der Waals surface area contributed by atoms with E-state index < -0.39 is 5.91 Å². The molecule has 6 nitrogen and oxygen atoms in total. The van der Waals surface area contributed by atoms with E-state index in [0.717, 1.165) is 0 Å². The topological polar surface area (TPSA) is 94.8 Å². The molecule has 0 aliphatic heterocycles. The zero-order chi connectivity index (χ0) is 17.0. The lowest BCUT2D eigenvalue weighted by molar-refractivity contribution is 0.0955. The summed E-state index contributed by atoms with van der Waals surface area (Å²) >= 11 is 11.7.